The molecular formula is C17H24N6O2. The van der Waals surface area contributed by atoms with Crippen molar-refractivity contribution in [2.45, 2.75) is 38.8 Å². The van der Waals surface area contributed by atoms with Crippen LogP contribution in [0.5, 0.6) is 5.75 Å². The van der Waals surface area contributed by atoms with Gasteiger partial charge in [-0.05, 0) is 48.4 Å². The van der Waals surface area contributed by atoms with Gasteiger partial charge >= 0.3 is 0 Å². The maximum Gasteiger partial charge on any atom is 0.238 e. The maximum atomic E-state index is 12.5. The van der Waals surface area contributed by atoms with Gasteiger partial charge in [-0.25, -0.2) is 4.68 Å². The Hall–Kier alpha value is -2.48. The number of ether oxygens (including phenoxy) is 1. The maximum absolute atomic E-state index is 12.5. The fraction of sp³-hybridized carbons (Fsp3) is 0.529. The molecule has 1 saturated carbocycles. The molecule has 1 heterocycles. The standard InChI is InChI=1S/C17H24N6O2/c1-3-10-22(11-16-19-20-21-23(16)13-8-9-13)12-17(24)18-14-6-4-5-7-15(14)25-2/h4-7,13H,3,8-12H2,1-2H3,(H,18,24). The lowest BCUT2D eigenvalue weighted by molar-refractivity contribution is -0.117. The summed E-state index contributed by atoms with van der Waals surface area (Å²) in [5.74, 6) is 1.39. The Morgan fingerprint density at radius 2 is 2.20 bits per heavy atom. The molecule has 3 rings (SSSR count). The number of anilines is 1. The average Bonchev–Trinajstić information content (AvgIpc) is 3.35. The quantitative estimate of drug-likeness (QED) is 0.747. The van der Waals surface area contributed by atoms with E-state index in [4.69, 9.17) is 4.74 Å². The third-order valence-electron chi connectivity index (χ3n) is 4.11. The van der Waals surface area contributed by atoms with E-state index in [1.54, 1.807) is 7.11 Å². The molecule has 8 heteroatoms. The predicted molar refractivity (Wildman–Crippen MR) is 93.3 cm³/mol. The number of carbonyl (C=O) groups excluding carboxylic acids is 1. The van der Waals surface area contributed by atoms with Crippen LogP contribution in [-0.4, -0.2) is 51.2 Å². The molecular weight excluding hydrogens is 320 g/mol. The second-order valence-corrected chi connectivity index (χ2v) is 6.23. The lowest BCUT2D eigenvalue weighted by Crippen LogP contribution is -2.34. The van der Waals surface area contributed by atoms with Gasteiger partial charge in [0.1, 0.15) is 5.75 Å². The van der Waals surface area contributed by atoms with Crippen LogP contribution in [-0.2, 0) is 11.3 Å². The summed E-state index contributed by atoms with van der Waals surface area (Å²) in [6.45, 7) is 3.74. The number of rotatable bonds is 9. The average molecular weight is 344 g/mol. The van der Waals surface area contributed by atoms with Gasteiger partial charge in [-0.2, -0.15) is 0 Å². The Morgan fingerprint density at radius 1 is 1.40 bits per heavy atom. The summed E-state index contributed by atoms with van der Waals surface area (Å²) in [6.07, 6.45) is 3.20. The van der Waals surface area contributed by atoms with E-state index in [-0.39, 0.29) is 12.5 Å². The topological polar surface area (TPSA) is 85.2 Å². The molecule has 0 atom stereocenters. The highest BCUT2D eigenvalue weighted by Gasteiger charge is 2.28. The molecule has 1 aromatic heterocycles. The summed E-state index contributed by atoms with van der Waals surface area (Å²) in [5.41, 5.74) is 0.675. The molecule has 8 nitrogen and oxygen atoms in total. The Balaban J connectivity index is 1.62. The minimum atomic E-state index is -0.0802. The number of para-hydroxylation sites is 2. The van der Waals surface area contributed by atoms with E-state index in [1.807, 2.05) is 28.9 Å². The number of benzene rings is 1. The number of methoxy groups -OCH3 is 1. The largest absolute Gasteiger partial charge is 0.495 e. The van der Waals surface area contributed by atoms with Crippen LogP contribution in [0, 0.1) is 0 Å². The molecule has 1 N–H and O–H groups in total. The van der Waals surface area contributed by atoms with Gasteiger partial charge in [0.2, 0.25) is 5.91 Å². The minimum Gasteiger partial charge on any atom is -0.495 e. The van der Waals surface area contributed by atoms with E-state index in [0.717, 1.165) is 31.6 Å². The highest BCUT2D eigenvalue weighted by atomic mass is 16.5. The summed E-state index contributed by atoms with van der Waals surface area (Å²) in [7, 11) is 1.59. The van der Waals surface area contributed by atoms with Gasteiger partial charge in [0.25, 0.3) is 0 Å². The van der Waals surface area contributed by atoms with Crippen molar-refractivity contribution in [1.82, 2.24) is 25.1 Å². The first-order chi connectivity index (χ1) is 12.2. The summed E-state index contributed by atoms with van der Waals surface area (Å²) in [4.78, 5) is 14.5. The zero-order chi connectivity index (χ0) is 17.6. The third-order valence-corrected chi connectivity index (χ3v) is 4.11. The van der Waals surface area contributed by atoms with Crippen LogP contribution in [0.2, 0.25) is 0 Å². The van der Waals surface area contributed by atoms with Crippen molar-refractivity contribution in [1.29, 1.82) is 0 Å². The molecule has 134 valence electrons. The first kappa shape index (κ1) is 17.3. The smallest absolute Gasteiger partial charge is 0.238 e. The van der Waals surface area contributed by atoms with E-state index in [0.29, 0.717) is 24.0 Å². The summed E-state index contributed by atoms with van der Waals surface area (Å²) < 4.78 is 7.16. The number of tetrazole rings is 1. The first-order valence-electron chi connectivity index (χ1n) is 8.63. The van der Waals surface area contributed by atoms with Crippen molar-refractivity contribution >= 4 is 11.6 Å². The molecule has 0 bridgehead atoms. The fourth-order valence-corrected chi connectivity index (χ4v) is 2.79. The number of amides is 1. The first-order valence-corrected chi connectivity index (χ1v) is 8.63. The number of aromatic nitrogens is 4. The Bertz CT molecular complexity index is 713. The van der Waals surface area contributed by atoms with Crippen LogP contribution >= 0.6 is 0 Å². The van der Waals surface area contributed by atoms with Gasteiger partial charge in [0, 0.05) is 0 Å². The SMILES string of the molecule is CCCN(CC(=O)Nc1ccccc1OC)Cc1nnnn1C1CC1. The number of hydrogen-bond acceptors (Lipinski definition) is 6. The van der Waals surface area contributed by atoms with Crippen LogP contribution in [0.4, 0.5) is 5.69 Å². The van der Waals surface area contributed by atoms with Crippen LogP contribution in [0.25, 0.3) is 0 Å². The molecule has 1 amide bonds. The van der Waals surface area contributed by atoms with Gasteiger partial charge < -0.3 is 10.1 Å². The summed E-state index contributed by atoms with van der Waals surface area (Å²) >= 11 is 0. The number of hydrogen-bond donors (Lipinski definition) is 1. The zero-order valence-corrected chi connectivity index (χ0v) is 14.7. The molecule has 1 aromatic carbocycles. The van der Waals surface area contributed by atoms with E-state index in [9.17, 15) is 4.79 Å². The van der Waals surface area contributed by atoms with Crippen molar-refractivity contribution in [2.75, 3.05) is 25.5 Å². The second-order valence-electron chi connectivity index (χ2n) is 6.23. The predicted octanol–water partition coefficient (Wildman–Crippen LogP) is 1.87. The van der Waals surface area contributed by atoms with Gasteiger partial charge in [-0.1, -0.05) is 19.1 Å². The molecule has 0 unspecified atom stereocenters. The van der Waals surface area contributed by atoms with Gasteiger partial charge in [-0.3, -0.25) is 9.69 Å². The molecule has 1 aliphatic rings. The van der Waals surface area contributed by atoms with Crippen molar-refractivity contribution in [2.24, 2.45) is 0 Å². The van der Waals surface area contributed by atoms with Gasteiger partial charge in [0.05, 0.1) is 31.9 Å². The summed E-state index contributed by atoms with van der Waals surface area (Å²) in [5, 5.41) is 14.9. The molecule has 0 saturated heterocycles. The Kier molecular flexibility index (Phi) is 5.60. The monoisotopic (exact) mass is 344 g/mol. The van der Waals surface area contributed by atoms with Crippen LogP contribution in [0.15, 0.2) is 24.3 Å². The van der Waals surface area contributed by atoms with Crippen LogP contribution in [0.3, 0.4) is 0 Å². The van der Waals surface area contributed by atoms with Crippen molar-refractivity contribution in [3.8, 4) is 5.75 Å². The van der Waals surface area contributed by atoms with Crippen molar-refractivity contribution in [3.05, 3.63) is 30.1 Å². The normalized spacial score (nSPS) is 13.9. The highest BCUT2D eigenvalue weighted by molar-refractivity contribution is 5.93. The lowest BCUT2D eigenvalue weighted by Gasteiger charge is -2.20. The third kappa shape index (κ3) is 4.54. The minimum absolute atomic E-state index is 0.0802. The Labute approximate surface area is 147 Å². The van der Waals surface area contributed by atoms with Crippen LogP contribution in [0.1, 0.15) is 38.1 Å². The number of nitrogens with one attached hydrogen (secondary N) is 1. The Morgan fingerprint density at radius 3 is 2.92 bits per heavy atom. The second kappa shape index (κ2) is 8.06. The van der Waals surface area contributed by atoms with Crippen LogP contribution < -0.4 is 10.1 Å². The molecule has 2 aromatic rings. The van der Waals surface area contributed by atoms with Crippen molar-refractivity contribution < 1.29 is 9.53 Å². The molecule has 0 aliphatic heterocycles. The van der Waals surface area contributed by atoms with Gasteiger partial charge in [-0.15, -0.1) is 5.10 Å². The summed E-state index contributed by atoms with van der Waals surface area (Å²) in [6, 6.07) is 7.81. The number of carbonyl (C=O) groups is 1. The molecule has 25 heavy (non-hydrogen) atoms. The number of nitrogens with zero attached hydrogens (tertiary/aromatic N) is 5. The highest BCUT2D eigenvalue weighted by Crippen LogP contribution is 2.34. The zero-order valence-electron chi connectivity index (χ0n) is 14.7. The van der Waals surface area contributed by atoms with Gasteiger partial charge in [0.15, 0.2) is 5.82 Å². The van der Waals surface area contributed by atoms with E-state index in [1.165, 1.54) is 0 Å². The molecule has 0 spiro atoms. The molecule has 1 aliphatic carbocycles. The lowest BCUT2D eigenvalue weighted by atomic mass is 10.3. The molecule has 1 fully saturated rings. The van der Waals surface area contributed by atoms with E-state index >= 15 is 0 Å². The molecule has 0 radical (unpaired) electrons. The van der Waals surface area contributed by atoms with E-state index < -0.39 is 0 Å². The van der Waals surface area contributed by atoms with Crippen molar-refractivity contribution in [3.63, 3.8) is 0 Å². The fourth-order valence-electron chi connectivity index (χ4n) is 2.79. The van der Waals surface area contributed by atoms with E-state index in [2.05, 4.69) is 32.7 Å².